The molecule has 0 aromatic heterocycles. The Labute approximate surface area is 76.5 Å². The van der Waals surface area contributed by atoms with E-state index in [0.717, 1.165) is 4.90 Å². The fraction of sp³-hybridized carbons (Fsp3) is 0.750. The zero-order valence-electron chi connectivity index (χ0n) is 7.78. The molecule has 1 rings (SSSR count). The third-order valence-electron chi connectivity index (χ3n) is 2.29. The van der Waals surface area contributed by atoms with E-state index in [1.54, 1.807) is 0 Å². The van der Waals surface area contributed by atoms with E-state index in [1.165, 1.54) is 0 Å². The van der Waals surface area contributed by atoms with Gasteiger partial charge in [-0.2, -0.15) is 0 Å². The van der Waals surface area contributed by atoms with Crippen molar-refractivity contribution in [2.75, 3.05) is 6.54 Å². The largest absolute Gasteiger partial charge is 0.465 e. The van der Waals surface area contributed by atoms with Crippen LogP contribution in [-0.4, -0.2) is 34.6 Å². The van der Waals surface area contributed by atoms with Gasteiger partial charge in [0, 0.05) is 6.54 Å². The quantitative estimate of drug-likeness (QED) is 0.615. The molecule has 1 aliphatic rings. The topological polar surface area (TPSA) is 83.6 Å². The first-order valence-corrected chi connectivity index (χ1v) is 4.12. The Kier molecular flexibility index (Phi) is 2.19. The van der Waals surface area contributed by atoms with Gasteiger partial charge in [-0.25, -0.2) is 4.79 Å². The van der Waals surface area contributed by atoms with E-state index >= 15 is 0 Å². The van der Waals surface area contributed by atoms with Crippen LogP contribution in [-0.2, 0) is 4.79 Å². The van der Waals surface area contributed by atoms with Crippen LogP contribution in [0.4, 0.5) is 4.79 Å². The van der Waals surface area contributed by atoms with Gasteiger partial charge in [-0.1, -0.05) is 13.8 Å². The maximum atomic E-state index is 10.9. The molecule has 5 heteroatoms. The number of rotatable bonds is 1. The molecule has 0 aromatic carbocycles. The number of carbonyl (C=O) groups is 2. The van der Waals surface area contributed by atoms with Crippen molar-refractivity contribution >= 4 is 12.0 Å². The van der Waals surface area contributed by atoms with Crippen LogP contribution in [0.1, 0.15) is 20.3 Å². The molecular weight excluding hydrogens is 172 g/mol. The number of amides is 2. The number of nitrogens with two attached hydrogens (primary N) is 1. The summed E-state index contributed by atoms with van der Waals surface area (Å²) in [5, 5.41) is 8.78. The van der Waals surface area contributed by atoms with Crippen LogP contribution >= 0.6 is 0 Å². The Hall–Kier alpha value is -1.26. The number of hydrogen-bond acceptors (Lipinski definition) is 2. The summed E-state index contributed by atoms with van der Waals surface area (Å²) in [6.07, 6.45) is -0.566. The van der Waals surface area contributed by atoms with Crippen molar-refractivity contribution < 1.29 is 14.7 Å². The molecule has 1 unspecified atom stereocenters. The molecule has 0 aromatic rings. The molecule has 74 valence electrons. The lowest BCUT2D eigenvalue weighted by Gasteiger charge is -2.18. The molecule has 1 atom stereocenters. The molecule has 1 aliphatic heterocycles. The summed E-state index contributed by atoms with van der Waals surface area (Å²) in [7, 11) is 0. The molecule has 3 N–H and O–H groups in total. The van der Waals surface area contributed by atoms with Gasteiger partial charge in [0.05, 0.1) is 0 Å². The van der Waals surface area contributed by atoms with Crippen LogP contribution in [0, 0.1) is 5.41 Å². The average Bonchev–Trinajstić information content (AvgIpc) is 2.26. The van der Waals surface area contributed by atoms with E-state index in [9.17, 15) is 9.59 Å². The van der Waals surface area contributed by atoms with E-state index < -0.39 is 18.0 Å². The van der Waals surface area contributed by atoms with Crippen molar-refractivity contribution in [3.05, 3.63) is 0 Å². The van der Waals surface area contributed by atoms with E-state index in [2.05, 4.69) is 0 Å². The number of hydrogen-bond donors (Lipinski definition) is 2. The lowest BCUT2D eigenvalue weighted by molar-refractivity contribution is -0.121. The molecule has 5 nitrogen and oxygen atoms in total. The van der Waals surface area contributed by atoms with Crippen molar-refractivity contribution in [3.8, 4) is 0 Å². The van der Waals surface area contributed by atoms with Gasteiger partial charge < -0.3 is 10.8 Å². The first-order valence-electron chi connectivity index (χ1n) is 4.12. The Morgan fingerprint density at radius 2 is 2.08 bits per heavy atom. The van der Waals surface area contributed by atoms with Crippen LogP contribution in [0.3, 0.4) is 0 Å². The Balaban J connectivity index is 2.83. The zero-order chi connectivity index (χ0) is 10.2. The van der Waals surface area contributed by atoms with Crippen LogP contribution in [0.5, 0.6) is 0 Å². The normalized spacial score (nSPS) is 26.0. The lowest BCUT2D eigenvalue weighted by atomic mass is 9.90. The van der Waals surface area contributed by atoms with Crippen LogP contribution in [0.15, 0.2) is 0 Å². The molecule has 13 heavy (non-hydrogen) atoms. The first-order chi connectivity index (χ1) is 5.83. The first kappa shape index (κ1) is 9.83. The van der Waals surface area contributed by atoms with E-state index in [1.807, 2.05) is 13.8 Å². The third kappa shape index (κ3) is 1.91. The van der Waals surface area contributed by atoms with Gasteiger partial charge in [0.1, 0.15) is 6.04 Å². The van der Waals surface area contributed by atoms with E-state index in [-0.39, 0.29) is 5.41 Å². The second-order valence-corrected chi connectivity index (χ2v) is 4.20. The summed E-state index contributed by atoms with van der Waals surface area (Å²) in [5.74, 6) is -0.562. The molecule has 0 spiro atoms. The molecule has 0 bridgehead atoms. The minimum Gasteiger partial charge on any atom is -0.465 e. The smallest absolute Gasteiger partial charge is 0.407 e. The maximum absolute atomic E-state index is 10.9. The maximum Gasteiger partial charge on any atom is 0.407 e. The van der Waals surface area contributed by atoms with E-state index in [0.29, 0.717) is 13.0 Å². The van der Waals surface area contributed by atoms with Gasteiger partial charge in [-0.15, -0.1) is 0 Å². The SMILES string of the molecule is CC1(C)CC(C(N)=O)N(C(=O)O)C1. The highest BCUT2D eigenvalue weighted by Crippen LogP contribution is 2.33. The Morgan fingerprint density at radius 3 is 2.38 bits per heavy atom. The second kappa shape index (κ2) is 2.90. The molecular formula is C8H14N2O3. The van der Waals surface area contributed by atoms with Gasteiger partial charge in [-0.3, -0.25) is 9.69 Å². The summed E-state index contributed by atoms with van der Waals surface area (Å²) in [4.78, 5) is 22.8. The number of carbonyl (C=O) groups excluding carboxylic acids is 1. The summed E-state index contributed by atoms with van der Waals surface area (Å²) < 4.78 is 0. The fourth-order valence-electron chi connectivity index (χ4n) is 1.72. The van der Waals surface area contributed by atoms with Crippen molar-refractivity contribution in [2.45, 2.75) is 26.3 Å². The monoisotopic (exact) mass is 186 g/mol. The number of likely N-dealkylation sites (tertiary alicyclic amines) is 1. The minimum absolute atomic E-state index is 0.155. The second-order valence-electron chi connectivity index (χ2n) is 4.20. The molecule has 1 fully saturated rings. The predicted octanol–water partition coefficient (Wildman–Crippen LogP) is 0.250. The molecule has 0 radical (unpaired) electrons. The van der Waals surface area contributed by atoms with E-state index in [4.69, 9.17) is 10.8 Å². The molecule has 0 saturated carbocycles. The summed E-state index contributed by atoms with van der Waals surface area (Å²) >= 11 is 0. The van der Waals surface area contributed by atoms with Gasteiger partial charge in [-0.05, 0) is 11.8 Å². The van der Waals surface area contributed by atoms with Crippen LogP contribution < -0.4 is 5.73 Å². The van der Waals surface area contributed by atoms with Gasteiger partial charge >= 0.3 is 6.09 Å². The van der Waals surface area contributed by atoms with Crippen molar-refractivity contribution in [3.63, 3.8) is 0 Å². The van der Waals surface area contributed by atoms with Crippen LogP contribution in [0.2, 0.25) is 0 Å². The Morgan fingerprint density at radius 1 is 1.54 bits per heavy atom. The minimum atomic E-state index is -1.07. The van der Waals surface area contributed by atoms with Gasteiger partial charge in [0.25, 0.3) is 0 Å². The lowest BCUT2D eigenvalue weighted by Crippen LogP contribution is -2.43. The Bertz CT molecular complexity index is 226. The molecule has 1 heterocycles. The summed E-state index contributed by atoms with van der Waals surface area (Å²) in [6, 6.07) is -0.660. The standard InChI is InChI=1S/C8H14N2O3/c1-8(2)3-5(6(9)11)10(4-8)7(12)13/h5H,3-4H2,1-2H3,(H2,9,11)(H,12,13). The molecule has 1 saturated heterocycles. The van der Waals surface area contributed by atoms with Crippen LogP contribution in [0.25, 0.3) is 0 Å². The van der Waals surface area contributed by atoms with Crippen molar-refractivity contribution in [1.29, 1.82) is 0 Å². The van der Waals surface area contributed by atoms with Gasteiger partial charge in [0.2, 0.25) is 5.91 Å². The van der Waals surface area contributed by atoms with Gasteiger partial charge in [0.15, 0.2) is 0 Å². The summed E-state index contributed by atoms with van der Waals surface area (Å²) in [5.41, 5.74) is 4.95. The number of nitrogens with zero attached hydrogens (tertiary/aromatic N) is 1. The third-order valence-corrected chi connectivity index (χ3v) is 2.29. The zero-order valence-corrected chi connectivity index (χ0v) is 7.78. The highest BCUT2D eigenvalue weighted by atomic mass is 16.4. The summed E-state index contributed by atoms with van der Waals surface area (Å²) in [6.45, 7) is 4.22. The highest BCUT2D eigenvalue weighted by Gasteiger charge is 2.42. The van der Waals surface area contributed by atoms with Crippen molar-refractivity contribution in [1.82, 2.24) is 4.90 Å². The van der Waals surface area contributed by atoms with Crippen molar-refractivity contribution in [2.24, 2.45) is 11.1 Å². The average molecular weight is 186 g/mol. The predicted molar refractivity (Wildman–Crippen MR) is 46.1 cm³/mol. The fourth-order valence-corrected chi connectivity index (χ4v) is 1.72. The number of primary amides is 1. The highest BCUT2D eigenvalue weighted by molar-refractivity contribution is 5.84. The number of carboxylic acid groups (broad SMARTS) is 1. The molecule has 0 aliphatic carbocycles. The molecule has 2 amide bonds.